The van der Waals surface area contributed by atoms with Crippen molar-refractivity contribution >= 4 is 39.7 Å². The Morgan fingerprint density at radius 3 is 2.95 bits per heavy atom. The lowest BCUT2D eigenvalue weighted by Gasteiger charge is -2.11. The Morgan fingerprint density at radius 1 is 1.42 bits per heavy atom. The lowest BCUT2D eigenvalue weighted by Crippen LogP contribution is -2.38. The molecule has 1 heterocycles. The smallest absolute Gasteiger partial charge is 0.251 e. The van der Waals surface area contributed by atoms with E-state index in [2.05, 4.69) is 5.32 Å². The number of fused-ring (bicyclic) bond motifs is 1. The molecule has 1 aromatic carbocycles. The highest BCUT2D eigenvalue weighted by Crippen LogP contribution is 2.31. The molecular weight excluding hydrogens is 280 g/mol. The third-order valence-electron chi connectivity index (χ3n) is 3.44. The van der Waals surface area contributed by atoms with Crippen LogP contribution in [0.4, 0.5) is 0 Å². The number of amides is 1. The first-order valence-electron chi connectivity index (χ1n) is 6.25. The van der Waals surface area contributed by atoms with Crippen molar-refractivity contribution in [3.8, 4) is 0 Å². The maximum absolute atomic E-state index is 12.0. The van der Waals surface area contributed by atoms with Crippen LogP contribution in [-0.4, -0.2) is 18.5 Å². The van der Waals surface area contributed by atoms with Crippen molar-refractivity contribution in [3.05, 3.63) is 35.2 Å². The number of rotatable bonds is 4. The number of hydrogen-bond acceptors (Lipinski definition) is 3. The quantitative estimate of drug-likeness (QED) is 0.911. The van der Waals surface area contributed by atoms with Crippen molar-refractivity contribution in [2.24, 2.45) is 11.7 Å². The molecule has 1 aliphatic rings. The monoisotopic (exact) mass is 296 g/mol. The molecule has 1 aromatic heterocycles. The summed E-state index contributed by atoms with van der Waals surface area (Å²) in [7, 11) is 0. The summed E-state index contributed by atoms with van der Waals surface area (Å²) in [6, 6.07) is 7.95. The molecule has 0 bridgehead atoms. The van der Waals surface area contributed by atoms with E-state index in [9.17, 15) is 4.79 Å². The van der Waals surface area contributed by atoms with Crippen LogP contribution in [0.15, 0.2) is 29.6 Å². The normalized spacial score (nSPS) is 15.8. The highest BCUT2D eigenvalue weighted by Gasteiger charge is 2.28. The number of hydrogen-bond donors (Lipinski definition) is 2. The SMILES string of the molecule is Cl.NC(CNC(=O)c1ccc2sccc2c1)C1CC1. The molecule has 1 atom stereocenters. The fraction of sp³-hybridized carbons (Fsp3) is 0.357. The fourth-order valence-electron chi connectivity index (χ4n) is 2.11. The van der Waals surface area contributed by atoms with E-state index in [-0.39, 0.29) is 24.4 Å². The van der Waals surface area contributed by atoms with Gasteiger partial charge in [0.2, 0.25) is 0 Å². The first-order valence-corrected chi connectivity index (χ1v) is 7.13. The third kappa shape index (κ3) is 3.26. The summed E-state index contributed by atoms with van der Waals surface area (Å²) in [5.74, 6) is 0.587. The van der Waals surface area contributed by atoms with Crippen LogP contribution < -0.4 is 11.1 Å². The molecule has 3 nitrogen and oxygen atoms in total. The van der Waals surface area contributed by atoms with Crippen molar-refractivity contribution in [1.82, 2.24) is 5.32 Å². The van der Waals surface area contributed by atoms with E-state index in [0.717, 1.165) is 5.39 Å². The minimum atomic E-state index is -0.0285. The highest BCUT2D eigenvalue weighted by atomic mass is 35.5. The van der Waals surface area contributed by atoms with E-state index in [0.29, 0.717) is 18.0 Å². The molecule has 1 amide bonds. The zero-order valence-corrected chi connectivity index (χ0v) is 12.1. The number of carbonyl (C=O) groups excluding carboxylic acids is 1. The van der Waals surface area contributed by atoms with Gasteiger partial charge in [0, 0.05) is 22.8 Å². The summed E-state index contributed by atoms with van der Waals surface area (Å²) in [5, 5.41) is 6.08. The predicted molar refractivity (Wildman–Crippen MR) is 82.1 cm³/mol. The standard InChI is InChI=1S/C14H16N2OS.ClH/c15-12(9-1-2-9)8-16-14(17)11-3-4-13-10(7-11)5-6-18-13;/h3-7,9,12H,1-2,8,15H2,(H,16,17);1H. The molecule has 1 unspecified atom stereocenters. The number of benzene rings is 1. The van der Waals surface area contributed by atoms with Crippen molar-refractivity contribution in [2.45, 2.75) is 18.9 Å². The number of halogens is 1. The summed E-state index contributed by atoms with van der Waals surface area (Å²) in [6.07, 6.45) is 2.41. The van der Waals surface area contributed by atoms with Crippen LogP contribution >= 0.6 is 23.7 Å². The Labute approximate surface area is 122 Å². The second-order valence-corrected chi connectivity index (χ2v) is 5.83. The van der Waals surface area contributed by atoms with Gasteiger partial charge in [-0.2, -0.15) is 0 Å². The van der Waals surface area contributed by atoms with Crippen LogP contribution in [0.5, 0.6) is 0 Å². The zero-order valence-electron chi connectivity index (χ0n) is 10.5. The van der Waals surface area contributed by atoms with E-state index in [1.807, 2.05) is 29.6 Å². The van der Waals surface area contributed by atoms with E-state index in [1.165, 1.54) is 17.5 Å². The van der Waals surface area contributed by atoms with E-state index in [4.69, 9.17) is 5.73 Å². The molecule has 0 radical (unpaired) electrons. The van der Waals surface area contributed by atoms with Gasteiger partial charge in [-0.1, -0.05) is 0 Å². The first kappa shape index (κ1) is 14.3. The topological polar surface area (TPSA) is 55.1 Å². The van der Waals surface area contributed by atoms with Crippen LogP contribution in [0, 0.1) is 5.92 Å². The number of thiophene rings is 1. The molecule has 2 aromatic rings. The van der Waals surface area contributed by atoms with Crippen LogP contribution in [0.3, 0.4) is 0 Å². The van der Waals surface area contributed by atoms with Gasteiger partial charge >= 0.3 is 0 Å². The zero-order chi connectivity index (χ0) is 12.5. The first-order chi connectivity index (χ1) is 8.74. The van der Waals surface area contributed by atoms with Gasteiger partial charge in [0.25, 0.3) is 5.91 Å². The molecule has 0 spiro atoms. The van der Waals surface area contributed by atoms with E-state index >= 15 is 0 Å². The summed E-state index contributed by atoms with van der Waals surface area (Å²) in [6.45, 7) is 0.575. The average Bonchev–Trinajstić information content (AvgIpc) is 3.13. The van der Waals surface area contributed by atoms with Crippen LogP contribution in [-0.2, 0) is 0 Å². The van der Waals surface area contributed by atoms with E-state index in [1.54, 1.807) is 11.3 Å². The maximum Gasteiger partial charge on any atom is 0.251 e. The largest absolute Gasteiger partial charge is 0.350 e. The number of nitrogens with two attached hydrogens (primary N) is 1. The van der Waals surface area contributed by atoms with Gasteiger partial charge in [0.05, 0.1) is 0 Å². The second kappa shape index (κ2) is 5.90. The molecule has 5 heteroatoms. The summed E-state index contributed by atoms with van der Waals surface area (Å²) < 4.78 is 1.21. The van der Waals surface area contributed by atoms with Gasteiger partial charge in [0.15, 0.2) is 0 Å². The van der Waals surface area contributed by atoms with Crippen molar-refractivity contribution < 1.29 is 4.79 Å². The highest BCUT2D eigenvalue weighted by molar-refractivity contribution is 7.17. The minimum Gasteiger partial charge on any atom is -0.350 e. The molecule has 1 fully saturated rings. The van der Waals surface area contributed by atoms with Crippen LogP contribution in [0.1, 0.15) is 23.2 Å². The van der Waals surface area contributed by atoms with Crippen molar-refractivity contribution in [1.29, 1.82) is 0 Å². The molecule has 3 rings (SSSR count). The lowest BCUT2D eigenvalue weighted by atomic mass is 10.1. The predicted octanol–water partition coefficient (Wildman–Crippen LogP) is 2.79. The summed E-state index contributed by atoms with van der Waals surface area (Å²) in [4.78, 5) is 12.0. The molecule has 0 saturated heterocycles. The molecule has 19 heavy (non-hydrogen) atoms. The van der Waals surface area contributed by atoms with Gasteiger partial charge in [0.1, 0.15) is 0 Å². The summed E-state index contributed by atoms with van der Waals surface area (Å²) >= 11 is 1.69. The molecule has 0 aliphatic heterocycles. The molecule has 102 valence electrons. The second-order valence-electron chi connectivity index (χ2n) is 4.88. The average molecular weight is 297 g/mol. The Morgan fingerprint density at radius 2 is 2.21 bits per heavy atom. The van der Waals surface area contributed by atoms with Crippen LogP contribution in [0.2, 0.25) is 0 Å². The lowest BCUT2D eigenvalue weighted by molar-refractivity contribution is 0.0950. The minimum absolute atomic E-state index is 0. The Kier molecular flexibility index (Phi) is 4.45. The van der Waals surface area contributed by atoms with Crippen molar-refractivity contribution in [2.75, 3.05) is 6.54 Å². The fourth-order valence-corrected chi connectivity index (χ4v) is 2.88. The Hall–Kier alpha value is -1.10. The van der Waals surface area contributed by atoms with Crippen molar-refractivity contribution in [3.63, 3.8) is 0 Å². The van der Waals surface area contributed by atoms with Gasteiger partial charge in [-0.05, 0) is 53.8 Å². The third-order valence-corrected chi connectivity index (χ3v) is 4.34. The Balaban J connectivity index is 0.00000133. The number of carbonyl (C=O) groups is 1. The Bertz CT molecular complexity index is 580. The molecule has 1 saturated carbocycles. The van der Waals surface area contributed by atoms with Gasteiger partial charge < -0.3 is 11.1 Å². The molecular formula is C14H17ClN2OS. The van der Waals surface area contributed by atoms with Gasteiger partial charge in [-0.25, -0.2) is 0 Å². The molecule has 1 aliphatic carbocycles. The number of nitrogens with one attached hydrogen (secondary N) is 1. The molecule has 3 N–H and O–H groups in total. The van der Waals surface area contributed by atoms with Gasteiger partial charge in [-0.3, -0.25) is 4.79 Å². The van der Waals surface area contributed by atoms with Crippen LogP contribution in [0.25, 0.3) is 10.1 Å². The summed E-state index contributed by atoms with van der Waals surface area (Å²) in [5.41, 5.74) is 6.68. The van der Waals surface area contributed by atoms with E-state index < -0.39 is 0 Å². The maximum atomic E-state index is 12.0. The van der Waals surface area contributed by atoms with Gasteiger partial charge in [-0.15, -0.1) is 23.7 Å².